The molecule has 0 aliphatic heterocycles. The molecule has 1 rings (SSSR count). The average molecular weight is 277 g/mol. The molecule has 76 valence electrons. The molecule has 0 unspecified atom stereocenters. The summed E-state index contributed by atoms with van der Waals surface area (Å²) in [5.41, 5.74) is 7.75. The van der Waals surface area contributed by atoms with E-state index in [1.807, 2.05) is 6.07 Å². The normalized spacial score (nSPS) is 10.1. The highest BCUT2D eigenvalue weighted by Gasteiger charge is 2.08. The molecule has 0 fully saturated rings. The van der Waals surface area contributed by atoms with E-state index < -0.39 is 0 Å². The first-order valence-electron chi connectivity index (χ1n) is 4.22. The van der Waals surface area contributed by atoms with E-state index >= 15 is 0 Å². The van der Waals surface area contributed by atoms with Gasteiger partial charge < -0.3 is 5.73 Å². The fraction of sp³-hybridized carbons (Fsp3) is 0.300. The van der Waals surface area contributed by atoms with Crippen LogP contribution in [-0.2, 0) is 5.88 Å². The van der Waals surface area contributed by atoms with E-state index in [2.05, 4.69) is 15.9 Å². The Balaban J connectivity index is 2.94. The monoisotopic (exact) mass is 275 g/mol. The predicted molar refractivity (Wildman–Crippen MR) is 63.2 cm³/mol. The van der Waals surface area contributed by atoms with Gasteiger partial charge in [0, 0.05) is 28.9 Å². The number of anilines is 1. The van der Waals surface area contributed by atoms with Gasteiger partial charge in [0.1, 0.15) is 0 Å². The highest BCUT2D eigenvalue weighted by atomic mass is 79.9. The summed E-state index contributed by atoms with van der Waals surface area (Å²) in [5, 5.41) is 0.655. The Morgan fingerprint density at radius 3 is 2.71 bits per heavy atom. The molecule has 0 aromatic heterocycles. The Kier molecular flexibility index (Phi) is 4.42. The lowest BCUT2D eigenvalue weighted by Gasteiger charge is -2.05. The van der Waals surface area contributed by atoms with Gasteiger partial charge in [-0.1, -0.05) is 22.0 Å². The maximum Gasteiger partial charge on any atom is 0.165 e. The second-order valence-corrected chi connectivity index (χ2v) is 3.98. The van der Waals surface area contributed by atoms with Crippen molar-refractivity contribution < 1.29 is 4.79 Å². The Morgan fingerprint density at radius 1 is 1.50 bits per heavy atom. The second-order valence-electron chi connectivity index (χ2n) is 2.92. The van der Waals surface area contributed by atoms with Crippen molar-refractivity contribution in [3.8, 4) is 0 Å². The van der Waals surface area contributed by atoms with E-state index in [1.165, 1.54) is 0 Å². The van der Waals surface area contributed by atoms with Crippen LogP contribution in [0, 0.1) is 0 Å². The van der Waals surface area contributed by atoms with Crippen LogP contribution in [0.1, 0.15) is 22.3 Å². The summed E-state index contributed by atoms with van der Waals surface area (Å²) < 4.78 is 0. The molecule has 0 aliphatic rings. The molecule has 0 amide bonds. The van der Waals surface area contributed by atoms with Crippen molar-refractivity contribution in [3.05, 3.63) is 29.3 Å². The summed E-state index contributed by atoms with van der Waals surface area (Å²) in [6.07, 6.45) is 0.463. The quantitative estimate of drug-likeness (QED) is 0.522. The lowest BCUT2D eigenvalue weighted by atomic mass is 10.0. The number of benzene rings is 1. The maximum atomic E-state index is 11.5. The maximum absolute atomic E-state index is 11.5. The van der Waals surface area contributed by atoms with Gasteiger partial charge in [0.15, 0.2) is 5.78 Å². The van der Waals surface area contributed by atoms with E-state index in [9.17, 15) is 4.79 Å². The van der Waals surface area contributed by atoms with Crippen LogP contribution in [0.5, 0.6) is 0 Å². The summed E-state index contributed by atoms with van der Waals surface area (Å²) in [6.45, 7) is 0. The van der Waals surface area contributed by atoms with Gasteiger partial charge in [-0.25, -0.2) is 0 Å². The number of rotatable bonds is 4. The summed E-state index contributed by atoms with van der Waals surface area (Å²) in [6, 6.07) is 5.30. The third kappa shape index (κ3) is 2.72. The molecule has 4 heteroatoms. The average Bonchev–Trinajstić information content (AvgIpc) is 2.17. The van der Waals surface area contributed by atoms with Crippen LogP contribution in [-0.4, -0.2) is 11.1 Å². The SMILES string of the molecule is Nc1cc(CCl)ccc1C(=O)CCBr. The third-order valence-corrected chi connectivity index (χ3v) is 2.60. The van der Waals surface area contributed by atoms with Gasteiger partial charge in [-0.05, 0) is 17.7 Å². The number of hydrogen-bond donors (Lipinski definition) is 1. The zero-order chi connectivity index (χ0) is 10.6. The van der Waals surface area contributed by atoms with E-state index in [0.717, 1.165) is 5.56 Å². The van der Waals surface area contributed by atoms with E-state index in [1.54, 1.807) is 12.1 Å². The Hall–Kier alpha value is -0.540. The van der Waals surface area contributed by atoms with Crippen molar-refractivity contribution in [2.24, 2.45) is 0 Å². The zero-order valence-corrected chi connectivity index (χ0v) is 9.94. The predicted octanol–water partition coefficient (Wildman–Crippen LogP) is 2.98. The van der Waals surface area contributed by atoms with Gasteiger partial charge in [0.05, 0.1) is 0 Å². The van der Waals surface area contributed by atoms with Crippen molar-refractivity contribution >= 4 is 39.0 Å². The number of Topliss-reactive ketones (excluding diaryl/α,β-unsaturated/α-hetero) is 1. The summed E-state index contributed by atoms with van der Waals surface area (Å²) in [7, 11) is 0. The largest absolute Gasteiger partial charge is 0.398 e. The minimum Gasteiger partial charge on any atom is -0.398 e. The second kappa shape index (κ2) is 5.37. The molecule has 0 spiro atoms. The van der Waals surface area contributed by atoms with Crippen LogP contribution in [0.3, 0.4) is 0 Å². The van der Waals surface area contributed by atoms with Crippen molar-refractivity contribution in [2.75, 3.05) is 11.1 Å². The number of halogens is 2. The minimum absolute atomic E-state index is 0.0560. The van der Waals surface area contributed by atoms with E-state index in [4.69, 9.17) is 17.3 Å². The van der Waals surface area contributed by atoms with Gasteiger partial charge in [0.2, 0.25) is 0 Å². The Morgan fingerprint density at radius 2 is 2.21 bits per heavy atom. The standard InChI is InChI=1S/C10H11BrClNO/c11-4-3-10(14)8-2-1-7(6-12)5-9(8)13/h1-2,5H,3-4,6,13H2. The first-order valence-corrected chi connectivity index (χ1v) is 5.88. The van der Waals surface area contributed by atoms with E-state index in [0.29, 0.717) is 28.9 Å². The van der Waals surface area contributed by atoms with Gasteiger partial charge in [-0.2, -0.15) is 0 Å². The smallest absolute Gasteiger partial charge is 0.165 e. The lowest BCUT2D eigenvalue weighted by molar-refractivity contribution is 0.0990. The molecule has 0 bridgehead atoms. The zero-order valence-electron chi connectivity index (χ0n) is 7.59. The van der Waals surface area contributed by atoms with Gasteiger partial charge in [-0.15, -0.1) is 11.6 Å². The van der Waals surface area contributed by atoms with E-state index in [-0.39, 0.29) is 5.78 Å². The molecule has 0 radical (unpaired) electrons. The van der Waals surface area contributed by atoms with Crippen LogP contribution in [0.4, 0.5) is 5.69 Å². The molecule has 14 heavy (non-hydrogen) atoms. The third-order valence-electron chi connectivity index (χ3n) is 1.89. The molecule has 2 nitrogen and oxygen atoms in total. The number of carbonyl (C=O) groups is 1. The molecule has 1 aromatic rings. The lowest BCUT2D eigenvalue weighted by Crippen LogP contribution is -2.04. The number of nitrogen functional groups attached to an aromatic ring is 1. The highest BCUT2D eigenvalue weighted by Crippen LogP contribution is 2.17. The highest BCUT2D eigenvalue weighted by molar-refractivity contribution is 9.09. The van der Waals surface area contributed by atoms with Gasteiger partial charge in [-0.3, -0.25) is 4.79 Å². The summed E-state index contributed by atoms with van der Waals surface area (Å²) >= 11 is 8.86. The summed E-state index contributed by atoms with van der Waals surface area (Å²) in [5.74, 6) is 0.470. The number of alkyl halides is 2. The van der Waals surface area contributed by atoms with Crippen molar-refractivity contribution in [2.45, 2.75) is 12.3 Å². The molecular formula is C10H11BrClNO. The molecule has 0 saturated carbocycles. The molecule has 0 saturated heterocycles. The van der Waals surface area contributed by atoms with Crippen LogP contribution in [0.2, 0.25) is 0 Å². The van der Waals surface area contributed by atoms with Gasteiger partial charge >= 0.3 is 0 Å². The topological polar surface area (TPSA) is 43.1 Å². The number of hydrogen-bond acceptors (Lipinski definition) is 2. The first kappa shape index (κ1) is 11.5. The number of nitrogens with two attached hydrogens (primary N) is 1. The van der Waals surface area contributed by atoms with Crippen LogP contribution < -0.4 is 5.73 Å². The van der Waals surface area contributed by atoms with Gasteiger partial charge in [0.25, 0.3) is 0 Å². The molecule has 2 N–H and O–H groups in total. The molecule has 0 heterocycles. The fourth-order valence-electron chi connectivity index (χ4n) is 1.17. The molecule has 0 aliphatic carbocycles. The van der Waals surface area contributed by atoms with Crippen LogP contribution in [0.15, 0.2) is 18.2 Å². The van der Waals surface area contributed by atoms with Crippen LogP contribution in [0.25, 0.3) is 0 Å². The van der Waals surface area contributed by atoms with Crippen molar-refractivity contribution in [3.63, 3.8) is 0 Å². The van der Waals surface area contributed by atoms with Crippen molar-refractivity contribution in [1.29, 1.82) is 0 Å². The Bertz CT molecular complexity index is 341. The molecular weight excluding hydrogens is 265 g/mol. The number of ketones is 1. The Labute approximate surface area is 96.6 Å². The summed E-state index contributed by atoms with van der Waals surface area (Å²) in [4.78, 5) is 11.5. The molecule has 1 aromatic carbocycles. The number of carbonyl (C=O) groups excluding carboxylic acids is 1. The first-order chi connectivity index (χ1) is 6.69. The van der Waals surface area contributed by atoms with Crippen molar-refractivity contribution in [1.82, 2.24) is 0 Å². The van der Waals surface area contributed by atoms with Crippen LogP contribution >= 0.6 is 27.5 Å². The minimum atomic E-state index is 0.0560. The fourth-order valence-corrected chi connectivity index (χ4v) is 1.70. The molecule has 0 atom stereocenters.